The van der Waals surface area contributed by atoms with Crippen molar-refractivity contribution in [2.45, 2.75) is 0 Å². The Morgan fingerprint density at radius 1 is 0.357 bits per heavy atom. The molecule has 0 saturated carbocycles. The lowest BCUT2D eigenvalue weighted by atomic mass is 9.93. The first kappa shape index (κ1) is 19.8. The summed E-state index contributed by atoms with van der Waals surface area (Å²) in [4.78, 5) is 1.13. The predicted molar refractivity (Wildman–Crippen MR) is 237 cm³/mol. The molecular formula is C54H38N2. The van der Waals surface area contributed by atoms with E-state index in [1.165, 1.54) is 0 Å². The first-order valence-electron chi connectivity index (χ1n) is 26.3. The predicted octanol–water partition coefficient (Wildman–Crippen LogP) is 14.9. The van der Waals surface area contributed by atoms with Crippen molar-refractivity contribution in [3.63, 3.8) is 0 Å². The molecule has 2 nitrogen and oxygen atoms in total. The summed E-state index contributed by atoms with van der Waals surface area (Å²) in [6, 6.07) is 25.4. The van der Waals surface area contributed by atoms with E-state index < -0.39 is 136 Å². The molecule has 9 aromatic carbocycles. The monoisotopic (exact) mass is 731 g/mol. The molecule has 0 aliphatic carbocycles. The van der Waals surface area contributed by atoms with E-state index in [9.17, 15) is 9.60 Å². The van der Waals surface area contributed by atoms with Gasteiger partial charge in [-0.3, -0.25) is 0 Å². The topological polar surface area (TPSA) is 8.17 Å². The molecular weight excluding hydrogens is 677 g/mol. The van der Waals surface area contributed by atoms with Gasteiger partial charge < -0.3 is 9.47 Å². The third-order valence-electron chi connectivity index (χ3n) is 9.57. The average molecular weight is 732 g/mol. The summed E-state index contributed by atoms with van der Waals surface area (Å²) in [5.41, 5.74) is 0.704. The van der Waals surface area contributed by atoms with Crippen LogP contribution in [0.3, 0.4) is 0 Å². The minimum atomic E-state index is -0.890. The van der Waals surface area contributed by atoms with Crippen LogP contribution in [0.25, 0.3) is 72.0 Å². The molecule has 2 heteroatoms. The summed E-state index contributed by atoms with van der Waals surface area (Å²) >= 11 is 0. The second-order valence-corrected chi connectivity index (χ2v) is 12.9. The lowest BCUT2D eigenvalue weighted by molar-refractivity contribution is 1.18. The number of hydrogen-bond donors (Lipinski definition) is 0. The van der Waals surface area contributed by atoms with Gasteiger partial charge in [-0.1, -0.05) is 163 Å². The molecule has 10 rings (SSSR count). The zero-order chi connectivity index (χ0) is 52.1. The third-order valence-corrected chi connectivity index (χ3v) is 9.57. The average Bonchev–Trinajstić information content (AvgIpc) is 3.74. The van der Waals surface area contributed by atoms with Gasteiger partial charge in [-0.2, -0.15) is 0 Å². The molecule has 0 bridgehead atoms. The van der Waals surface area contributed by atoms with E-state index in [0.717, 1.165) is 38.0 Å². The molecule has 0 unspecified atom stereocenters. The quantitative estimate of drug-likeness (QED) is 0.151. The number of hydrogen-bond acceptors (Lipinski definition) is 1. The van der Waals surface area contributed by atoms with Gasteiger partial charge in [-0.15, -0.1) is 0 Å². The second kappa shape index (κ2) is 14.4. The molecule has 0 aliphatic heterocycles. The van der Waals surface area contributed by atoms with Gasteiger partial charge in [-0.05, 0) is 111 Å². The highest BCUT2D eigenvalue weighted by molar-refractivity contribution is 6.10. The van der Waals surface area contributed by atoms with Crippen molar-refractivity contribution in [3.8, 4) is 50.2 Å². The van der Waals surface area contributed by atoms with Gasteiger partial charge in [0, 0.05) is 33.5 Å². The van der Waals surface area contributed by atoms with Crippen molar-refractivity contribution in [3.05, 3.63) is 230 Å². The zero-order valence-corrected chi connectivity index (χ0v) is 29.5. The van der Waals surface area contributed by atoms with Crippen LogP contribution in [0.4, 0.5) is 17.1 Å². The highest BCUT2D eigenvalue weighted by atomic mass is 15.1. The zero-order valence-electron chi connectivity index (χ0n) is 46.5. The van der Waals surface area contributed by atoms with Crippen LogP contribution in [-0.2, 0) is 0 Å². The molecule has 1 heterocycles. The number of nitrogens with zero attached hydrogens (tertiary/aromatic N) is 2. The van der Waals surface area contributed by atoms with Gasteiger partial charge in [-0.25, -0.2) is 0 Å². The van der Waals surface area contributed by atoms with Gasteiger partial charge in [0.05, 0.1) is 34.3 Å². The van der Waals surface area contributed by atoms with Gasteiger partial charge >= 0.3 is 0 Å². The molecule has 0 spiro atoms. The van der Waals surface area contributed by atoms with Gasteiger partial charge in [0.1, 0.15) is 0 Å². The molecule has 0 N–H and O–H groups in total. The lowest BCUT2D eigenvalue weighted by Gasteiger charge is -2.27. The van der Waals surface area contributed by atoms with E-state index in [1.807, 2.05) is 91.0 Å². The number of aromatic nitrogens is 1. The van der Waals surface area contributed by atoms with Crippen LogP contribution in [0.15, 0.2) is 230 Å². The Kier molecular flexibility index (Phi) is 5.10. The normalized spacial score (nSPS) is 15.5. The minimum Gasteiger partial charge on any atom is -0.310 e. The maximum absolute atomic E-state index is 10.1. The van der Waals surface area contributed by atoms with Crippen molar-refractivity contribution < 1.29 is 23.3 Å². The van der Waals surface area contributed by atoms with Crippen LogP contribution < -0.4 is 4.90 Å². The summed E-state index contributed by atoms with van der Waals surface area (Å²) in [6.07, 6.45) is 0. The largest absolute Gasteiger partial charge is 0.310 e. The molecule has 264 valence electrons. The maximum Gasteiger partial charge on any atom is 0.0652 e. The number of para-hydroxylation sites is 2. The minimum absolute atomic E-state index is 0.0788. The van der Waals surface area contributed by atoms with E-state index in [0.29, 0.717) is 11.1 Å². The number of anilines is 3. The van der Waals surface area contributed by atoms with E-state index in [1.54, 1.807) is 36.4 Å². The Bertz CT molecular complexity index is 3880. The molecule has 0 fully saturated rings. The van der Waals surface area contributed by atoms with Crippen LogP contribution in [0, 0.1) is 0 Å². The molecule has 0 radical (unpaired) electrons. The summed E-state index contributed by atoms with van der Waals surface area (Å²) in [5.74, 6) is 0. The fourth-order valence-electron chi connectivity index (χ4n) is 7.01. The Morgan fingerprint density at radius 2 is 0.946 bits per heavy atom. The van der Waals surface area contributed by atoms with Crippen LogP contribution in [0.5, 0.6) is 0 Å². The fraction of sp³-hybridized carbons (Fsp3) is 0. The molecule has 0 saturated heterocycles. The molecule has 0 atom stereocenters. The number of benzene rings is 9. The first-order valence-corrected chi connectivity index (χ1v) is 17.8. The van der Waals surface area contributed by atoms with Crippen LogP contribution in [0.2, 0.25) is 0 Å². The fourth-order valence-corrected chi connectivity index (χ4v) is 7.01. The summed E-state index contributed by atoms with van der Waals surface area (Å²) in [6.45, 7) is 0. The van der Waals surface area contributed by atoms with Crippen molar-refractivity contribution >= 4 is 38.9 Å². The van der Waals surface area contributed by atoms with Crippen LogP contribution >= 0.6 is 0 Å². The van der Waals surface area contributed by atoms with E-state index in [-0.39, 0.29) is 11.3 Å². The van der Waals surface area contributed by atoms with E-state index in [4.69, 9.17) is 13.7 Å². The highest BCUT2D eigenvalue weighted by Crippen LogP contribution is 2.43. The standard InChI is InChI=1S/C54H38N2/c1-5-16-39(17-6-1)40-28-31-46(32-29-40)55(48-33-34-49(41-18-7-2-8-19-41)51(38-48)42-20-9-3-10-21-42)47-25-15-22-43(36-47)44-30-35-54-52(37-44)50-26-13-14-27-53(50)56(54)45-23-11-4-12-24-45/h1-38H/i2D,3D,7D,8D,9D,10D,15D,18D,19D,20D,21D,22D,25D,33D,34D,36D,38D. The number of rotatable bonds is 8. The maximum atomic E-state index is 10.1. The van der Waals surface area contributed by atoms with Crippen molar-refractivity contribution in [1.82, 2.24) is 4.57 Å². The molecule has 56 heavy (non-hydrogen) atoms. The number of fused-ring (bicyclic) bond motifs is 3. The van der Waals surface area contributed by atoms with Gasteiger partial charge in [0.2, 0.25) is 0 Å². The Hall–Kier alpha value is -7.42. The molecule has 10 aromatic rings. The second-order valence-electron chi connectivity index (χ2n) is 12.9. The summed E-state index contributed by atoms with van der Waals surface area (Å²) in [5, 5.41) is 1.60. The van der Waals surface area contributed by atoms with Gasteiger partial charge in [0.25, 0.3) is 0 Å². The van der Waals surface area contributed by atoms with Crippen LogP contribution in [0.1, 0.15) is 23.3 Å². The Balaban J connectivity index is 1.33. The van der Waals surface area contributed by atoms with Crippen molar-refractivity contribution in [1.29, 1.82) is 0 Å². The van der Waals surface area contributed by atoms with Crippen molar-refractivity contribution in [2.24, 2.45) is 0 Å². The Morgan fingerprint density at radius 3 is 1.70 bits per heavy atom. The molecule has 0 aliphatic rings. The lowest BCUT2D eigenvalue weighted by Crippen LogP contribution is -2.10. The van der Waals surface area contributed by atoms with E-state index >= 15 is 0 Å². The smallest absolute Gasteiger partial charge is 0.0652 e. The van der Waals surface area contributed by atoms with E-state index in [2.05, 4.69) is 4.57 Å². The van der Waals surface area contributed by atoms with Gasteiger partial charge in [0.15, 0.2) is 0 Å². The summed E-state index contributed by atoms with van der Waals surface area (Å²) < 4.78 is 157. The SMILES string of the molecule is [2H]c1c([2H])c([2H])c(-c2c([2H])c([2H])c(N(c3ccc(-c4ccccc4)cc3)c3c([2H])c([2H])c([2H])c(-c4ccc5c(c4)c4ccccc4n5-c4ccccc4)c3[2H])c([2H])c2-c2c([2H])c([2H])c([2H])c([2H])c2[2H])c([2H])c1[2H]. The van der Waals surface area contributed by atoms with Crippen molar-refractivity contribution in [2.75, 3.05) is 4.90 Å². The highest BCUT2D eigenvalue weighted by Gasteiger charge is 2.18. The Labute approximate surface area is 351 Å². The molecule has 0 amide bonds. The molecule has 1 aromatic heterocycles. The van der Waals surface area contributed by atoms with Crippen LogP contribution in [-0.4, -0.2) is 4.57 Å². The third kappa shape index (κ3) is 6.14. The summed E-state index contributed by atoms with van der Waals surface area (Å²) in [7, 11) is 0. The first-order chi connectivity index (χ1) is 34.9.